The second-order valence-corrected chi connectivity index (χ2v) is 11.1. The van der Waals surface area contributed by atoms with Gasteiger partial charge in [0.1, 0.15) is 18.4 Å². The summed E-state index contributed by atoms with van der Waals surface area (Å²) >= 11 is 6.92. The molecule has 0 aliphatic carbocycles. The Balaban J connectivity index is 1.78. The van der Waals surface area contributed by atoms with E-state index in [-0.39, 0.29) is 17.5 Å². The van der Waals surface area contributed by atoms with Crippen molar-refractivity contribution in [1.29, 1.82) is 0 Å². The van der Waals surface area contributed by atoms with Crippen LogP contribution in [0.4, 0.5) is 5.69 Å². The summed E-state index contributed by atoms with van der Waals surface area (Å²) in [6, 6.07) is 15.5. The third kappa shape index (κ3) is 8.24. The third-order valence-electron chi connectivity index (χ3n) is 6.19. The van der Waals surface area contributed by atoms with E-state index in [1.165, 1.54) is 11.8 Å². The number of rotatable bonds is 8. The van der Waals surface area contributed by atoms with Crippen molar-refractivity contribution >= 4 is 70.1 Å². The van der Waals surface area contributed by atoms with Crippen LogP contribution in [0.1, 0.15) is 33.3 Å². The molecule has 5 unspecified atom stereocenters. The zero-order valence-electron chi connectivity index (χ0n) is 24.1. The summed E-state index contributed by atoms with van der Waals surface area (Å²) in [5, 5.41) is 0.682. The standard InChI is InChI=1S/C30H29ClN2O10S/c1-16(34)39-15-24-25(40-17(2)35)26(41-18(3)36)27(42-19(4)37)29(43-24)44-30-32-23(14-20-10-12-21(31)13-11-20)28(38)33(30)22-8-6-5-7-9-22/h5-14,24-27,29H,15H2,1-4H3/b23-14+. The second kappa shape index (κ2) is 14.5. The van der Waals surface area contributed by atoms with E-state index in [9.17, 15) is 24.0 Å². The molecule has 2 aromatic carbocycles. The summed E-state index contributed by atoms with van der Waals surface area (Å²) in [5.74, 6) is -3.32. The monoisotopic (exact) mass is 644 g/mol. The van der Waals surface area contributed by atoms with Crippen LogP contribution in [-0.4, -0.2) is 71.4 Å². The number of amides is 1. The number of carbonyl (C=O) groups is 5. The highest BCUT2D eigenvalue weighted by atomic mass is 35.5. The number of thioether (sulfide) groups is 1. The first-order valence-electron chi connectivity index (χ1n) is 13.4. The fourth-order valence-electron chi connectivity index (χ4n) is 4.48. The van der Waals surface area contributed by atoms with Gasteiger partial charge in [0.15, 0.2) is 28.9 Å². The maximum Gasteiger partial charge on any atom is 0.303 e. The molecule has 0 N–H and O–H groups in total. The van der Waals surface area contributed by atoms with Crippen molar-refractivity contribution in [2.45, 2.75) is 57.5 Å². The van der Waals surface area contributed by atoms with Crippen LogP contribution in [0.25, 0.3) is 6.08 Å². The molecule has 2 heterocycles. The van der Waals surface area contributed by atoms with Crippen molar-refractivity contribution in [2.75, 3.05) is 11.5 Å². The average molecular weight is 645 g/mol. The predicted molar refractivity (Wildman–Crippen MR) is 160 cm³/mol. The minimum atomic E-state index is -1.36. The van der Waals surface area contributed by atoms with E-state index < -0.39 is 59.6 Å². The van der Waals surface area contributed by atoms with Gasteiger partial charge in [-0.05, 0) is 35.9 Å². The Morgan fingerprint density at radius 3 is 2.05 bits per heavy atom. The fourth-order valence-corrected chi connectivity index (χ4v) is 5.81. The van der Waals surface area contributed by atoms with Gasteiger partial charge in [-0.15, -0.1) is 0 Å². The predicted octanol–water partition coefficient (Wildman–Crippen LogP) is 3.90. The topological polar surface area (TPSA) is 147 Å². The molecule has 0 radical (unpaired) electrons. The number of amidine groups is 1. The molecule has 0 saturated carbocycles. The minimum Gasteiger partial charge on any atom is -0.463 e. The van der Waals surface area contributed by atoms with E-state index in [0.29, 0.717) is 16.3 Å². The summed E-state index contributed by atoms with van der Waals surface area (Å²) in [6.07, 6.45) is -3.56. The number of para-hydroxylation sites is 1. The van der Waals surface area contributed by atoms with Crippen molar-refractivity contribution in [3.63, 3.8) is 0 Å². The number of halogens is 1. The highest BCUT2D eigenvalue weighted by Gasteiger charge is 2.53. The van der Waals surface area contributed by atoms with Crippen LogP contribution < -0.4 is 4.90 Å². The van der Waals surface area contributed by atoms with Crippen LogP contribution >= 0.6 is 23.4 Å². The molecule has 1 amide bonds. The molecule has 2 aliphatic heterocycles. The average Bonchev–Trinajstić information content (AvgIpc) is 3.25. The lowest BCUT2D eigenvalue weighted by molar-refractivity contribution is -0.237. The lowest BCUT2D eigenvalue weighted by atomic mass is 9.99. The first-order valence-corrected chi connectivity index (χ1v) is 14.6. The van der Waals surface area contributed by atoms with Gasteiger partial charge in [0.25, 0.3) is 5.91 Å². The van der Waals surface area contributed by atoms with Crippen molar-refractivity contribution in [3.05, 3.63) is 70.9 Å². The SMILES string of the molecule is CC(=O)OCC1OC(SC2=N/C(=C/c3ccc(Cl)cc3)C(=O)N2c2ccccc2)C(OC(C)=O)C(OC(C)=O)C1OC(C)=O. The first-order chi connectivity index (χ1) is 20.9. The number of esters is 4. The van der Waals surface area contributed by atoms with Crippen LogP contribution in [0.2, 0.25) is 5.02 Å². The minimum absolute atomic E-state index is 0.101. The molecule has 4 rings (SSSR count). The lowest BCUT2D eigenvalue weighted by Gasteiger charge is -2.44. The maximum absolute atomic E-state index is 13.7. The van der Waals surface area contributed by atoms with E-state index in [1.807, 2.05) is 0 Å². The van der Waals surface area contributed by atoms with Crippen molar-refractivity contribution < 1.29 is 47.7 Å². The number of benzene rings is 2. The summed E-state index contributed by atoms with van der Waals surface area (Å²) in [6.45, 7) is 4.23. The van der Waals surface area contributed by atoms with Crippen LogP contribution in [-0.2, 0) is 47.7 Å². The number of aliphatic imine (C=N–C) groups is 1. The molecule has 1 fully saturated rings. The number of anilines is 1. The molecule has 2 aromatic rings. The van der Waals surface area contributed by atoms with Gasteiger partial charge in [-0.1, -0.05) is 53.7 Å². The van der Waals surface area contributed by atoms with Crippen molar-refractivity contribution in [1.82, 2.24) is 0 Å². The summed E-state index contributed by atoms with van der Waals surface area (Å²) < 4.78 is 27.9. The number of nitrogens with zero attached hydrogens (tertiary/aromatic N) is 2. The van der Waals surface area contributed by atoms with Crippen LogP contribution in [0.5, 0.6) is 0 Å². The number of hydrogen-bond acceptors (Lipinski definition) is 12. The van der Waals surface area contributed by atoms with Gasteiger partial charge in [0.2, 0.25) is 0 Å². The van der Waals surface area contributed by atoms with Gasteiger partial charge in [0.05, 0.1) is 5.69 Å². The van der Waals surface area contributed by atoms with Crippen LogP contribution in [0, 0.1) is 0 Å². The molecule has 0 bridgehead atoms. The Bertz CT molecular complexity index is 1480. The van der Waals surface area contributed by atoms with Gasteiger partial charge in [-0.25, -0.2) is 4.99 Å². The van der Waals surface area contributed by atoms with Gasteiger partial charge in [-0.2, -0.15) is 0 Å². The summed E-state index contributed by atoms with van der Waals surface area (Å²) in [7, 11) is 0. The Kier molecular flexibility index (Phi) is 10.8. The smallest absolute Gasteiger partial charge is 0.303 e. The molecular weight excluding hydrogens is 616 g/mol. The van der Waals surface area contributed by atoms with E-state index in [0.717, 1.165) is 32.5 Å². The molecule has 0 spiro atoms. The quantitative estimate of drug-likeness (QED) is 0.234. The highest BCUT2D eigenvalue weighted by molar-refractivity contribution is 8.14. The Hall–Kier alpha value is -4.20. The van der Waals surface area contributed by atoms with E-state index in [1.54, 1.807) is 60.7 Å². The number of ether oxygens (including phenoxy) is 5. The second-order valence-electron chi connectivity index (χ2n) is 9.64. The zero-order chi connectivity index (χ0) is 32.0. The molecule has 5 atom stereocenters. The first kappa shape index (κ1) is 32.7. The molecule has 14 heteroatoms. The van der Waals surface area contributed by atoms with Gasteiger partial charge < -0.3 is 23.7 Å². The third-order valence-corrected chi connectivity index (χ3v) is 7.54. The summed E-state index contributed by atoms with van der Waals surface area (Å²) in [4.78, 5) is 67.8. The normalized spacial score (nSPS) is 24.0. The molecular formula is C30H29ClN2O10S. The molecule has 232 valence electrons. The van der Waals surface area contributed by atoms with E-state index in [2.05, 4.69) is 4.99 Å². The molecule has 12 nitrogen and oxygen atoms in total. The van der Waals surface area contributed by atoms with E-state index >= 15 is 0 Å². The number of hydrogen-bond donors (Lipinski definition) is 0. The summed E-state index contributed by atoms with van der Waals surface area (Å²) in [5.41, 5.74) is 0.0921. The molecule has 1 saturated heterocycles. The largest absolute Gasteiger partial charge is 0.463 e. The molecule has 2 aliphatic rings. The van der Waals surface area contributed by atoms with Crippen molar-refractivity contribution in [2.24, 2.45) is 4.99 Å². The zero-order valence-corrected chi connectivity index (χ0v) is 25.7. The van der Waals surface area contributed by atoms with E-state index in [4.69, 9.17) is 35.3 Å². The highest BCUT2D eigenvalue weighted by Crippen LogP contribution is 2.38. The van der Waals surface area contributed by atoms with Gasteiger partial charge in [0, 0.05) is 32.7 Å². The Morgan fingerprint density at radius 1 is 0.864 bits per heavy atom. The van der Waals surface area contributed by atoms with Gasteiger partial charge in [-0.3, -0.25) is 28.9 Å². The van der Waals surface area contributed by atoms with Gasteiger partial charge >= 0.3 is 23.9 Å². The maximum atomic E-state index is 13.7. The Morgan fingerprint density at radius 2 is 1.45 bits per heavy atom. The lowest BCUT2D eigenvalue weighted by Crippen LogP contribution is -2.61. The fraction of sp³-hybridized carbons (Fsp3) is 0.333. The molecule has 44 heavy (non-hydrogen) atoms. The van der Waals surface area contributed by atoms with Crippen LogP contribution in [0.3, 0.4) is 0 Å². The number of carbonyl (C=O) groups excluding carboxylic acids is 5. The van der Waals surface area contributed by atoms with Crippen LogP contribution in [0.15, 0.2) is 65.3 Å². The molecule has 0 aromatic heterocycles. The Labute approximate surface area is 262 Å². The van der Waals surface area contributed by atoms with Crippen molar-refractivity contribution in [3.8, 4) is 0 Å².